The van der Waals surface area contributed by atoms with Crippen molar-refractivity contribution in [3.63, 3.8) is 0 Å². The van der Waals surface area contributed by atoms with Crippen molar-refractivity contribution in [1.82, 2.24) is 4.90 Å². The van der Waals surface area contributed by atoms with Crippen LogP contribution in [0.1, 0.15) is 32.3 Å². The lowest BCUT2D eigenvalue weighted by atomic mass is 10.0. The zero-order valence-electron chi connectivity index (χ0n) is 15.0. The van der Waals surface area contributed by atoms with Crippen LogP contribution in [0.25, 0.3) is 0 Å². The van der Waals surface area contributed by atoms with E-state index in [9.17, 15) is 14.0 Å². The Morgan fingerprint density at radius 1 is 1.08 bits per heavy atom. The number of carbonyl (C=O) groups excluding carboxylic acids is 2. The van der Waals surface area contributed by atoms with Gasteiger partial charge in [-0.1, -0.05) is 42.5 Å². The third kappa shape index (κ3) is 3.62. The van der Waals surface area contributed by atoms with Crippen molar-refractivity contribution in [1.29, 1.82) is 0 Å². The number of halogens is 1. The van der Waals surface area contributed by atoms with Gasteiger partial charge in [0.25, 0.3) is 0 Å². The van der Waals surface area contributed by atoms with E-state index in [-0.39, 0.29) is 17.6 Å². The average molecular weight is 354 g/mol. The van der Waals surface area contributed by atoms with E-state index < -0.39 is 17.1 Å². The summed E-state index contributed by atoms with van der Waals surface area (Å²) in [5.74, 6) is -1.12. The van der Waals surface area contributed by atoms with Gasteiger partial charge in [0.05, 0.1) is 5.69 Å². The van der Waals surface area contributed by atoms with Crippen molar-refractivity contribution >= 4 is 17.5 Å². The van der Waals surface area contributed by atoms with Gasteiger partial charge in [-0.3, -0.25) is 9.59 Å². The number of para-hydroxylation sites is 1. The van der Waals surface area contributed by atoms with E-state index in [0.717, 1.165) is 5.56 Å². The Kier molecular flexibility index (Phi) is 5.07. The molecule has 1 fully saturated rings. The molecule has 1 saturated carbocycles. The second-order valence-corrected chi connectivity index (χ2v) is 7.03. The summed E-state index contributed by atoms with van der Waals surface area (Å²) in [4.78, 5) is 27.6. The Labute approximate surface area is 153 Å². The van der Waals surface area contributed by atoms with Gasteiger partial charge < -0.3 is 10.2 Å². The Bertz CT molecular complexity index is 801. The SMILES string of the molecule is CC(C)N(Cc1ccccc1)C(=O)C1(C(=O)Nc2ccccc2F)CC1. The average Bonchev–Trinajstić information content (AvgIpc) is 3.44. The van der Waals surface area contributed by atoms with Crippen molar-refractivity contribution in [2.24, 2.45) is 5.41 Å². The van der Waals surface area contributed by atoms with Crippen molar-refractivity contribution in [3.05, 3.63) is 66.0 Å². The van der Waals surface area contributed by atoms with Crippen LogP contribution in [0, 0.1) is 11.2 Å². The van der Waals surface area contributed by atoms with E-state index in [0.29, 0.717) is 19.4 Å². The van der Waals surface area contributed by atoms with Crippen LogP contribution in [0.3, 0.4) is 0 Å². The fraction of sp³-hybridized carbons (Fsp3) is 0.333. The summed E-state index contributed by atoms with van der Waals surface area (Å²) in [5, 5.41) is 2.59. The monoisotopic (exact) mass is 354 g/mol. The standard InChI is InChI=1S/C21H23FN2O2/c1-15(2)24(14-16-8-4-3-5-9-16)20(26)21(12-13-21)19(25)23-18-11-7-6-10-17(18)22/h3-11,15H,12-14H2,1-2H3,(H,23,25). The maximum atomic E-state index is 13.8. The summed E-state index contributed by atoms with van der Waals surface area (Å²) >= 11 is 0. The number of nitrogens with zero attached hydrogens (tertiary/aromatic N) is 1. The van der Waals surface area contributed by atoms with E-state index in [1.165, 1.54) is 12.1 Å². The Hall–Kier alpha value is -2.69. The molecule has 26 heavy (non-hydrogen) atoms. The minimum absolute atomic E-state index is 0.0403. The lowest BCUT2D eigenvalue weighted by Crippen LogP contribution is -2.45. The molecule has 0 spiro atoms. The molecule has 0 unspecified atom stereocenters. The molecule has 1 aliphatic carbocycles. The summed E-state index contributed by atoms with van der Waals surface area (Å²) < 4.78 is 13.8. The Morgan fingerprint density at radius 3 is 2.27 bits per heavy atom. The van der Waals surface area contributed by atoms with Crippen molar-refractivity contribution in [3.8, 4) is 0 Å². The minimum atomic E-state index is -1.08. The topological polar surface area (TPSA) is 49.4 Å². The number of anilines is 1. The molecule has 136 valence electrons. The highest BCUT2D eigenvalue weighted by Gasteiger charge is 2.58. The van der Waals surface area contributed by atoms with E-state index in [1.54, 1.807) is 17.0 Å². The van der Waals surface area contributed by atoms with Crippen LogP contribution >= 0.6 is 0 Å². The second-order valence-electron chi connectivity index (χ2n) is 7.03. The summed E-state index contributed by atoms with van der Waals surface area (Å²) in [5.41, 5.74) is 0.0389. The molecule has 1 aliphatic rings. The van der Waals surface area contributed by atoms with Crippen molar-refractivity contribution in [2.75, 3.05) is 5.32 Å². The van der Waals surface area contributed by atoms with Gasteiger partial charge in [0.1, 0.15) is 11.2 Å². The van der Waals surface area contributed by atoms with Gasteiger partial charge in [0.2, 0.25) is 11.8 Å². The fourth-order valence-electron chi connectivity index (χ4n) is 3.01. The van der Waals surface area contributed by atoms with E-state index in [1.807, 2.05) is 44.2 Å². The molecule has 0 aromatic heterocycles. The molecule has 0 saturated heterocycles. The molecule has 0 radical (unpaired) electrons. The molecule has 0 heterocycles. The summed E-state index contributed by atoms with van der Waals surface area (Å²) in [6.45, 7) is 4.32. The van der Waals surface area contributed by atoms with Crippen LogP contribution in [-0.4, -0.2) is 22.8 Å². The van der Waals surface area contributed by atoms with Gasteiger partial charge in [-0.15, -0.1) is 0 Å². The number of hydrogen-bond donors (Lipinski definition) is 1. The smallest absolute Gasteiger partial charge is 0.240 e. The lowest BCUT2D eigenvalue weighted by molar-refractivity contribution is -0.144. The Balaban J connectivity index is 1.77. The van der Waals surface area contributed by atoms with Crippen LogP contribution in [0.15, 0.2) is 54.6 Å². The molecule has 2 aromatic carbocycles. The van der Waals surface area contributed by atoms with Gasteiger partial charge >= 0.3 is 0 Å². The molecular formula is C21H23FN2O2. The Morgan fingerprint density at radius 2 is 1.69 bits per heavy atom. The third-order valence-electron chi connectivity index (χ3n) is 4.80. The van der Waals surface area contributed by atoms with Gasteiger partial charge in [-0.2, -0.15) is 0 Å². The summed E-state index contributed by atoms with van der Waals surface area (Å²) in [7, 11) is 0. The van der Waals surface area contributed by atoms with E-state index in [4.69, 9.17) is 0 Å². The number of carbonyl (C=O) groups is 2. The van der Waals surface area contributed by atoms with Crippen LogP contribution in [0.4, 0.5) is 10.1 Å². The quantitative estimate of drug-likeness (QED) is 0.798. The normalized spacial score (nSPS) is 14.8. The molecule has 4 nitrogen and oxygen atoms in total. The van der Waals surface area contributed by atoms with Crippen LogP contribution in [0.5, 0.6) is 0 Å². The summed E-state index contributed by atoms with van der Waals surface area (Å²) in [6, 6.07) is 15.6. The molecule has 3 rings (SSSR count). The molecule has 2 amide bonds. The zero-order chi connectivity index (χ0) is 18.7. The number of hydrogen-bond acceptors (Lipinski definition) is 2. The number of nitrogens with one attached hydrogen (secondary N) is 1. The molecule has 0 atom stereocenters. The highest BCUT2D eigenvalue weighted by atomic mass is 19.1. The third-order valence-corrected chi connectivity index (χ3v) is 4.80. The fourth-order valence-corrected chi connectivity index (χ4v) is 3.01. The first-order chi connectivity index (χ1) is 12.4. The van der Waals surface area contributed by atoms with E-state index in [2.05, 4.69) is 5.32 Å². The largest absolute Gasteiger partial charge is 0.335 e. The lowest BCUT2D eigenvalue weighted by Gasteiger charge is -2.30. The van der Waals surface area contributed by atoms with E-state index >= 15 is 0 Å². The molecule has 5 heteroatoms. The first-order valence-corrected chi connectivity index (χ1v) is 8.85. The molecule has 0 aliphatic heterocycles. The van der Waals surface area contributed by atoms with Gasteiger partial charge in [-0.05, 0) is 44.4 Å². The predicted octanol–water partition coefficient (Wildman–Crippen LogP) is 3.98. The van der Waals surface area contributed by atoms with Gasteiger partial charge in [0, 0.05) is 12.6 Å². The summed E-state index contributed by atoms with van der Waals surface area (Å²) in [6.07, 6.45) is 0.980. The second kappa shape index (κ2) is 7.28. The molecule has 0 bridgehead atoms. The minimum Gasteiger partial charge on any atom is -0.335 e. The first-order valence-electron chi connectivity index (χ1n) is 8.85. The zero-order valence-corrected chi connectivity index (χ0v) is 15.0. The van der Waals surface area contributed by atoms with Gasteiger partial charge in [0.15, 0.2) is 0 Å². The molecular weight excluding hydrogens is 331 g/mol. The first kappa shape index (κ1) is 18.1. The van der Waals surface area contributed by atoms with Gasteiger partial charge in [-0.25, -0.2) is 4.39 Å². The predicted molar refractivity (Wildman–Crippen MR) is 98.8 cm³/mol. The molecule has 2 aromatic rings. The van der Waals surface area contributed by atoms with Crippen LogP contribution in [0.2, 0.25) is 0 Å². The highest BCUT2D eigenvalue weighted by molar-refractivity contribution is 6.13. The number of benzene rings is 2. The molecule has 1 N–H and O–H groups in total. The number of amides is 2. The maximum Gasteiger partial charge on any atom is 0.240 e. The van der Waals surface area contributed by atoms with Crippen LogP contribution in [-0.2, 0) is 16.1 Å². The number of rotatable bonds is 6. The van der Waals surface area contributed by atoms with Crippen LogP contribution < -0.4 is 5.32 Å². The van der Waals surface area contributed by atoms with Crippen molar-refractivity contribution < 1.29 is 14.0 Å². The van der Waals surface area contributed by atoms with Crippen molar-refractivity contribution in [2.45, 2.75) is 39.3 Å². The maximum absolute atomic E-state index is 13.8. The highest BCUT2D eigenvalue weighted by Crippen LogP contribution is 2.48.